The van der Waals surface area contributed by atoms with Gasteiger partial charge in [-0.2, -0.15) is 0 Å². The van der Waals surface area contributed by atoms with Gasteiger partial charge in [0.05, 0.1) is 0 Å². The smallest absolute Gasteiger partial charge is 0.223 e. The van der Waals surface area contributed by atoms with E-state index in [1.165, 1.54) is 0 Å². The van der Waals surface area contributed by atoms with Gasteiger partial charge in [0.15, 0.2) is 0 Å². The highest BCUT2D eigenvalue weighted by molar-refractivity contribution is 5.76. The third-order valence-corrected chi connectivity index (χ3v) is 4.22. The fourth-order valence-corrected chi connectivity index (χ4v) is 2.93. The Bertz CT molecular complexity index is 301. The zero-order chi connectivity index (χ0) is 12.3. The molecule has 1 heterocycles. The minimum atomic E-state index is 0.287. The van der Waals surface area contributed by atoms with Crippen molar-refractivity contribution in [2.75, 3.05) is 13.1 Å². The highest BCUT2D eigenvalue weighted by Crippen LogP contribution is 2.24. The van der Waals surface area contributed by atoms with Crippen LogP contribution in [0.2, 0.25) is 0 Å². The molecule has 0 aromatic carbocycles. The van der Waals surface area contributed by atoms with Gasteiger partial charge in [-0.3, -0.25) is 4.79 Å². The van der Waals surface area contributed by atoms with Crippen LogP contribution in [-0.2, 0) is 4.79 Å². The maximum Gasteiger partial charge on any atom is 0.223 e. The standard InChI is InChI=1S/C14H24N2O/c1-2-12-10-16(8-7-13(12)15)14(17)9-11-5-3-4-6-11/h3,5,11-13H,2,4,6-10,15H2,1H3. The van der Waals surface area contributed by atoms with Gasteiger partial charge in [0.25, 0.3) is 0 Å². The summed E-state index contributed by atoms with van der Waals surface area (Å²) in [4.78, 5) is 14.2. The molecule has 1 aliphatic heterocycles. The minimum Gasteiger partial charge on any atom is -0.342 e. The Morgan fingerprint density at radius 1 is 1.47 bits per heavy atom. The molecule has 1 aliphatic carbocycles. The molecule has 96 valence electrons. The minimum absolute atomic E-state index is 0.287. The molecule has 0 radical (unpaired) electrons. The molecule has 0 saturated carbocycles. The second-order valence-electron chi connectivity index (χ2n) is 5.43. The summed E-state index contributed by atoms with van der Waals surface area (Å²) in [7, 11) is 0. The molecule has 0 spiro atoms. The highest BCUT2D eigenvalue weighted by atomic mass is 16.2. The molecule has 3 heteroatoms. The van der Waals surface area contributed by atoms with E-state index in [2.05, 4.69) is 19.1 Å². The van der Waals surface area contributed by atoms with E-state index in [0.29, 0.717) is 24.2 Å². The van der Waals surface area contributed by atoms with E-state index in [-0.39, 0.29) is 6.04 Å². The zero-order valence-electron chi connectivity index (χ0n) is 10.8. The van der Waals surface area contributed by atoms with Gasteiger partial charge in [0, 0.05) is 25.6 Å². The number of rotatable bonds is 3. The van der Waals surface area contributed by atoms with Gasteiger partial charge in [-0.1, -0.05) is 25.5 Å². The van der Waals surface area contributed by atoms with Crippen LogP contribution >= 0.6 is 0 Å². The van der Waals surface area contributed by atoms with Crippen LogP contribution in [0, 0.1) is 11.8 Å². The van der Waals surface area contributed by atoms with E-state index in [9.17, 15) is 4.79 Å². The number of allylic oxidation sites excluding steroid dienone is 2. The van der Waals surface area contributed by atoms with Gasteiger partial charge in [0.2, 0.25) is 5.91 Å². The third-order valence-electron chi connectivity index (χ3n) is 4.22. The molecule has 3 unspecified atom stereocenters. The molecule has 3 nitrogen and oxygen atoms in total. The molecule has 3 atom stereocenters. The summed E-state index contributed by atoms with van der Waals surface area (Å²) in [5.74, 6) is 1.30. The van der Waals surface area contributed by atoms with Crippen LogP contribution in [0.25, 0.3) is 0 Å². The van der Waals surface area contributed by atoms with Crippen molar-refractivity contribution in [3.8, 4) is 0 Å². The Morgan fingerprint density at radius 2 is 2.29 bits per heavy atom. The first-order valence-corrected chi connectivity index (χ1v) is 6.90. The second kappa shape index (κ2) is 5.67. The fraction of sp³-hybridized carbons (Fsp3) is 0.786. The van der Waals surface area contributed by atoms with Gasteiger partial charge in [0.1, 0.15) is 0 Å². The predicted octanol–water partition coefficient (Wildman–Crippen LogP) is 1.93. The first-order chi connectivity index (χ1) is 8.20. The monoisotopic (exact) mass is 236 g/mol. The number of amides is 1. The highest BCUT2D eigenvalue weighted by Gasteiger charge is 2.28. The predicted molar refractivity (Wildman–Crippen MR) is 69.4 cm³/mol. The van der Waals surface area contributed by atoms with Crippen LogP contribution in [0.3, 0.4) is 0 Å². The maximum atomic E-state index is 12.2. The molecule has 0 bridgehead atoms. The molecule has 1 fully saturated rings. The Kier molecular flexibility index (Phi) is 4.21. The summed E-state index contributed by atoms with van der Waals surface area (Å²) < 4.78 is 0. The average molecular weight is 236 g/mol. The number of nitrogens with zero attached hydrogens (tertiary/aromatic N) is 1. The van der Waals surface area contributed by atoms with E-state index in [0.717, 1.165) is 38.8 Å². The number of hydrogen-bond donors (Lipinski definition) is 1. The van der Waals surface area contributed by atoms with Crippen molar-refractivity contribution in [3.05, 3.63) is 12.2 Å². The first-order valence-electron chi connectivity index (χ1n) is 6.90. The lowest BCUT2D eigenvalue weighted by molar-refractivity contribution is -0.133. The Labute approximate surface area is 104 Å². The summed E-state index contributed by atoms with van der Waals surface area (Å²) in [5, 5.41) is 0. The molecule has 2 aliphatic rings. The summed E-state index contributed by atoms with van der Waals surface area (Å²) in [6.07, 6.45) is 9.42. The lowest BCUT2D eigenvalue weighted by Crippen LogP contribution is -2.49. The quantitative estimate of drug-likeness (QED) is 0.761. The number of likely N-dealkylation sites (tertiary alicyclic amines) is 1. The van der Waals surface area contributed by atoms with Crippen molar-refractivity contribution in [2.24, 2.45) is 17.6 Å². The summed E-state index contributed by atoms with van der Waals surface area (Å²) >= 11 is 0. The van der Waals surface area contributed by atoms with Gasteiger partial charge >= 0.3 is 0 Å². The van der Waals surface area contributed by atoms with Crippen molar-refractivity contribution in [1.29, 1.82) is 0 Å². The van der Waals surface area contributed by atoms with E-state index >= 15 is 0 Å². The largest absolute Gasteiger partial charge is 0.342 e. The molecule has 2 rings (SSSR count). The number of carbonyl (C=O) groups excluding carboxylic acids is 1. The number of piperidine rings is 1. The van der Waals surface area contributed by atoms with E-state index in [4.69, 9.17) is 5.73 Å². The van der Waals surface area contributed by atoms with Crippen LogP contribution in [0.5, 0.6) is 0 Å². The van der Waals surface area contributed by atoms with Crippen LogP contribution in [0.15, 0.2) is 12.2 Å². The maximum absolute atomic E-state index is 12.2. The molecule has 0 aromatic rings. The second-order valence-corrected chi connectivity index (χ2v) is 5.43. The molecular weight excluding hydrogens is 212 g/mol. The summed E-state index contributed by atoms with van der Waals surface area (Å²) in [5.41, 5.74) is 6.07. The lowest BCUT2D eigenvalue weighted by Gasteiger charge is -2.37. The van der Waals surface area contributed by atoms with Crippen molar-refractivity contribution in [3.63, 3.8) is 0 Å². The Hall–Kier alpha value is -0.830. The Balaban J connectivity index is 1.84. The summed E-state index contributed by atoms with van der Waals surface area (Å²) in [6.45, 7) is 3.89. The molecule has 17 heavy (non-hydrogen) atoms. The van der Waals surface area contributed by atoms with Gasteiger partial charge in [-0.15, -0.1) is 0 Å². The lowest BCUT2D eigenvalue weighted by atomic mass is 9.90. The van der Waals surface area contributed by atoms with Crippen molar-refractivity contribution < 1.29 is 4.79 Å². The van der Waals surface area contributed by atoms with Crippen LogP contribution < -0.4 is 5.73 Å². The normalized spacial score (nSPS) is 33.1. The van der Waals surface area contributed by atoms with Gasteiger partial charge in [-0.25, -0.2) is 0 Å². The molecule has 0 aromatic heterocycles. The number of nitrogens with two attached hydrogens (primary N) is 1. The number of hydrogen-bond acceptors (Lipinski definition) is 2. The van der Waals surface area contributed by atoms with Crippen molar-refractivity contribution >= 4 is 5.91 Å². The Morgan fingerprint density at radius 3 is 2.94 bits per heavy atom. The first kappa shape index (κ1) is 12.6. The van der Waals surface area contributed by atoms with Crippen LogP contribution in [-0.4, -0.2) is 29.9 Å². The average Bonchev–Trinajstić information content (AvgIpc) is 2.82. The van der Waals surface area contributed by atoms with E-state index < -0.39 is 0 Å². The molecule has 2 N–H and O–H groups in total. The molecule has 1 saturated heterocycles. The van der Waals surface area contributed by atoms with E-state index in [1.54, 1.807) is 0 Å². The zero-order valence-corrected chi connectivity index (χ0v) is 10.8. The topological polar surface area (TPSA) is 46.3 Å². The SMILES string of the molecule is CCC1CN(C(=O)CC2C=CCC2)CCC1N. The molecular formula is C14H24N2O. The van der Waals surface area contributed by atoms with Crippen molar-refractivity contribution in [2.45, 2.75) is 45.1 Å². The fourth-order valence-electron chi connectivity index (χ4n) is 2.93. The third kappa shape index (κ3) is 3.09. The van der Waals surface area contributed by atoms with Gasteiger partial charge in [-0.05, 0) is 31.1 Å². The van der Waals surface area contributed by atoms with Crippen LogP contribution in [0.1, 0.15) is 39.0 Å². The number of carbonyl (C=O) groups is 1. The van der Waals surface area contributed by atoms with Crippen LogP contribution in [0.4, 0.5) is 0 Å². The van der Waals surface area contributed by atoms with Crippen molar-refractivity contribution in [1.82, 2.24) is 4.90 Å². The summed E-state index contributed by atoms with van der Waals surface area (Å²) in [6, 6.07) is 0.287. The van der Waals surface area contributed by atoms with E-state index in [1.807, 2.05) is 4.90 Å². The molecule has 1 amide bonds. The van der Waals surface area contributed by atoms with Gasteiger partial charge < -0.3 is 10.6 Å².